The summed E-state index contributed by atoms with van der Waals surface area (Å²) in [6, 6.07) is 6.80. The van der Waals surface area contributed by atoms with Crippen LogP contribution in [0.25, 0.3) is 0 Å². The molecule has 2 atom stereocenters. The van der Waals surface area contributed by atoms with Gasteiger partial charge in [-0.15, -0.1) is 0 Å². The number of hydrogen-bond donors (Lipinski definition) is 3. The molecule has 0 aliphatic heterocycles. The van der Waals surface area contributed by atoms with Crippen LogP contribution in [0.5, 0.6) is 0 Å². The lowest BCUT2D eigenvalue weighted by molar-refractivity contribution is -0.141. The summed E-state index contributed by atoms with van der Waals surface area (Å²) >= 11 is 0. The molecular weight excluding hydrogens is 284 g/mol. The highest BCUT2D eigenvalue weighted by molar-refractivity contribution is 5.91. The van der Waals surface area contributed by atoms with Gasteiger partial charge in [0.2, 0.25) is 11.8 Å². The number of aliphatic carboxylic acids is 1. The Bertz CT molecular complexity index is 528. The van der Waals surface area contributed by atoms with Gasteiger partial charge in [0.15, 0.2) is 0 Å². The van der Waals surface area contributed by atoms with Crippen LogP contribution >= 0.6 is 0 Å². The van der Waals surface area contributed by atoms with E-state index in [1.165, 1.54) is 6.92 Å². The van der Waals surface area contributed by atoms with Crippen LogP contribution in [0.15, 0.2) is 30.3 Å². The predicted octanol–water partition coefficient (Wildman–Crippen LogP) is 1.48. The fraction of sp³-hybridized carbons (Fsp3) is 0.438. The first-order valence-corrected chi connectivity index (χ1v) is 7.18. The molecule has 6 nitrogen and oxygen atoms in total. The van der Waals surface area contributed by atoms with Crippen molar-refractivity contribution >= 4 is 17.8 Å². The number of benzene rings is 1. The van der Waals surface area contributed by atoms with Crippen LogP contribution in [0.3, 0.4) is 0 Å². The summed E-state index contributed by atoms with van der Waals surface area (Å²) < 4.78 is 0. The third-order valence-electron chi connectivity index (χ3n) is 3.02. The highest BCUT2D eigenvalue weighted by Gasteiger charge is 2.25. The Hall–Kier alpha value is -2.37. The van der Waals surface area contributed by atoms with Gasteiger partial charge in [0.25, 0.3) is 0 Å². The normalized spacial score (nSPS) is 13.3. The monoisotopic (exact) mass is 306 g/mol. The number of rotatable bonds is 7. The molecule has 0 aliphatic rings. The highest BCUT2D eigenvalue weighted by Crippen LogP contribution is 2.14. The summed E-state index contributed by atoms with van der Waals surface area (Å²) in [5, 5.41) is 13.9. The van der Waals surface area contributed by atoms with Crippen LogP contribution in [0, 0.1) is 5.92 Å². The van der Waals surface area contributed by atoms with Crippen LogP contribution < -0.4 is 10.6 Å². The van der Waals surface area contributed by atoms with Gasteiger partial charge in [-0.2, -0.15) is 0 Å². The molecule has 6 heteroatoms. The van der Waals surface area contributed by atoms with E-state index < -0.39 is 24.0 Å². The van der Waals surface area contributed by atoms with Gasteiger partial charge in [0.1, 0.15) is 12.1 Å². The van der Waals surface area contributed by atoms with Gasteiger partial charge in [-0.05, 0) is 18.4 Å². The zero-order chi connectivity index (χ0) is 16.7. The molecule has 0 aromatic heterocycles. The van der Waals surface area contributed by atoms with E-state index in [9.17, 15) is 14.4 Å². The molecule has 0 aliphatic carbocycles. The van der Waals surface area contributed by atoms with Crippen molar-refractivity contribution in [3.8, 4) is 0 Å². The van der Waals surface area contributed by atoms with Crippen molar-refractivity contribution in [1.82, 2.24) is 10.6 Å². The summed E-state index contributed by atoms with van der Waals surface area (Å²) in [6.45, 7) is 5.19. The topological polar surface area (TPSA) is 95.5 Å². The largest absolute Gasteiger partial charge is 0.480 e. The number of hydrogen-bond acceptors (Lipinski definition) is 3. The van der Waals surface area contributed by atoms with Gasteiger partial charge in [-0.1, -0.05) is 44.2 Å². The molecule has 2 amide bonds. The summed E-state index contributed by atoms with van der Waals surface area (Å²) in [4.78, 5) is 35.1. The first-order valence-electron chi connectivity index (χ1n) is 7.18. The number of carbonyl (C=O) groups excluding carboxylic acids is 2. The molecule has 1 unspecified atom stereocenters. The third-order valence-corrected chi connectivity index (χ3v) is 3.02. The highest BCUT2D eigenvalue weighted by atomic mass is 16.4. The molecule has 0 saturated carbocycles. The van der Waals surface area contributed by atoms with Crippen LogP contribution in [0.2, 0.25) is 0 Å². The Balaban J connectivity index is 2.89. The zero-order valence-corrected chi connectivity index (χ0v) is 13.0. The summed E-state index contributed by atoms with van der Waals surface area (Å²) in [6.07, 6.45) is 0.297. The number of nitrogens with one attached hydrogen (secondary N) is 2. The van der Waals surface area contributed by atoms with E-state index >= 15 is 0 Å². The smallest absolute Gasteiger partial charge is 0.325 e. The van der Waals surface area contributed by atoms with Crippen LogP contribution in [0.1, 0.15) is 38.8 Å². The van der Waals surface area contributed by atoms with E-state index in [1.807, 2.05) is 13.8 Å². The average molecular weight is 306 g/mol. The van der Waals surface area contributed by atoms with Crippen LogP contribution in [-0.2, 0) is 14.4 Å². The molecule has 1 rings (SSSR count). The minimum Gasteiger partial charge on any atom is -0.480 e. The molecule has 0 bridgehead atoms. The van der Waals surface area contributed by atoms with E-state index in [-0.39, 0.29) is 11.8 Å². The molecule has 1 aromatic rings. The standard InChI is InChI=1S/C16H22N2O4/c1-10(2)9-13(19)18-14(12-7-5-4-6-8-12)15(20)17-11(3)16(21)22/h4-8,10-11,14H,9H2,1-3H3,(H,17,20)(H,18,19)(H,21,22)/t11-,14?/m1/s1. The van der Waals surface area contributed by atoms with Crippen molar-refractivity contribution in [2.75, 3.05) is 0 Å². The Kier molecular flexibility index (Phi) is 6.56. The predicted molar refractivity (Wildman–Crippen MR) is 82.0 cm³/mol. The second kappa shape index (κ2) is 8.17. The second-order valence-corrected chi connectivity index (χ2v) is 5.58. The Morgan fingerprint density at radius 1 is 1.05 bits per heavy atom. The molecule has 0 saturated heterocycles. The molecule has 1 aromatic carbocycles. The number of carboxylic acid groups (broad SMARTS) is 1. The minimum atomic E-state index is -1.13. The number of carbonyl (C=O) groups is 3. The SMILES string of the molecule is CC(C)CC(=O)NC(C(=O)N[C@H](C)C(=O)O)c1ccccc1. The minimum absolute atomic E-state index is 0.164. The molecule has 0 fully saturated rings. The third kappa shape index (κ3) is 5.55. The lowest BCUT2D eigenvalue weighted by Crippen LogP contribution is -2.46. The summed E-state index contributed by atoms with van der Waals surface area (Å²) in [5.74, 6) is -1.76. The number of carboxylic acids is 1. The van der Waals surface area contributed by atoms with Gasteiger partial charge in [0, 0.05) is 6.42 Å². The summed E-state index contributed by atoms with van der Waals surface area (Å²) in [7, 11) is 0. The molecule has 120 valence electrons. The van der Waals surface area contributed by atoms with Crippen molar-refractivity contribution in [2.45, 2.75) is 39.3 Å². The molecule has 22 heavy (non-hydrogen) atoms. The van der Waals surface area contributed by atoms with Crippen LogP contribution in [-0.4, -0.2) is 28.9 Å². The Morgan fingerprint density at radius 2 is 1.64 bits per heavy atom. The van der Waals surface area contributed by atoms with Gasteiger partial charge in [-0.3, -0.25) is 14.4 Å². The quantitative estimate of drug-likeness (QED) is 0.711. The van der Waals surface area contributed by atoms with Crippen molar-refractivity contribution in [2.24, 2.45) is 5.92 Å². The first kappa shape index (κ1) is 17.7. The Labute approximate surface area is 129 Å². The van der Waals surface area contributed by atoms with E-state index in [0.717, 1.165) is 0 Å². The summed E-state index contributed by atoms with van der Waals surface area (Å²) in [5.41, 5.74) is 0.606. The van der Waals surface area contributed by atoms with E-state index in [2.05, 4.69) is 10.6 Å². The lowest BCUT2D eigenvalue weighted by atomic mass is 10.0. The number of amides is 2. The fourth-order valence-corrected chi connectivity index (χ4v) is 1.89. The zero-order valence-electron chi connectivity index (χ0n) is 13.0. The fourth-order valence-electron chi connectivity index (χ4n) is 1.89. The lowest BCUT2D eigenvalue weighted by Gasteiger charge is -2.20. The first-order chi connectivity index (χ1) is 10.3. The van der Waals surface area contributed by atoms with Crippen molar-refractivity contribution < 1.29 is 19.5 Å². The van der Waals surface area contributed by atoms with E-state index in [0.29, 0.717) is 12.0 Å². The van der Waals surface area contributed by atoms with Gasteiger partial charge < -0.3 is 15.7 Å². The van der Waals surface area contributed by atoms with E-state index in [1.54, 1.807) is 30.3 Å². The van der Waals surface area contributed by atoms with Gasteiger partial charge in [-0.25, -0.2) is 0 Å². The maximum Gasteiger partial charge on any atom is 0.325 e. The van der Waals surface area contributed by atoms with Crippen LogP contribution in [0.4, 0.5) is 0 Å². The average Bonchev–Trinajstić information content (AvgIpc) is 2.44. The van der Waals surface area contributed by atoms with Gasteiger partial charge in [0.05, 0.1) is 0 Å². The maximum absolute atomic E-state index is 12.3. The maximum atomic E-state index is 12.3. The van der Waals surface area contributed by atoms with Gasteiger partial charge >= 0.3 is 5.97 Å². The molecule has 0 spiro atoms. The molecule has 3 N–H and O–H groups in total. The van der Waals surface area contributed by atoms with Crippen molar-refractivity contribution in [1.29, 1.82) is 0 Å². The molecular formula is C16H22N2O4. The molecule has 0 heterocycles. The van der Waals surface area contributed by atoms with Crippen molar-refractivity contribution in [3.05, 3.63) is 35.9 Å². The second-order valence-electron chi connectivity index (χ2n) is 5.58. The van der Waals surface area contributed by atoms with Crippen molar-refractivity contribution in [3.63, 3.8) is 0 Å². The van der Waals surface area contributed by atoms with E-state index in [4.69, 9.17) is 5.11 Å². The Morgan fingerprint density at radius 3 is 2.14 bits per heavy atom. The molecule has 0 radical (unpaired) electrons.